The molecule has 1 heterocycles. The van der Waals surface area contributed by atoms with Crippen molar-refractivity contribution in [2.75, 3.05) is 79.0 Å². The van der Waals surface area contributed by atoms with Crippen LogP contribution in [0.3, 0.4) is 0 Å². The molecule has 7 amide bonds. The molecular weight excluding hydrogens is 1000 g/mol. The zero-order valence-corrected chi connectivity index (χ0v) is 47.4. The van der Waals surface area contributed by atoms with E-state index in [0.29, 0.717) is 63.3 Å². The summed E-state index contributed by atoms with van der Waals surface area (Å²) >= 11 is 0. The van der Waals surface area contributed by atoms with Gasteiger partial charge in [0.05, 0.1) is 71.9 Å². The highest BCUT2D eigenvalue weighted by molar-refractivity contribution is 5.97. The summed E-state index contributed by atoms with van der Waals surface area (Å²) in [5.41, 5.74) is 18.5. The van der Waals surface area contributed by atoms with Crippen LogP contribution in [0, 0.1) is 46.3 Å². The number of carbonyl (C=O) groups is 7. The lowest BCUT2D eigenvalue weighted by Crippen LogP contribution is -2.55. The lowest BCUT2D eigenvalue weighted by Gasteiger charge is -2.58. The lowest BCUT2D eigenvalue weighted by atomic mass is 9.47. The normalized spacial score (nSPS) is 29.1. The molecule has 12 N–H and O–H groups in total. The number of amides is 7. The summed E-state index contributed by atoms with van der Waals surface area (Å²) in [6, 6.07) is -3.74. The summed E-state index contributed by atoms with van der Waals surface area (Å²) in [4.78, 5) is 92.8. The van der Waals surface area contributed by atoms with E-state index in [1.807, 2.05) is 0 Å². The predicted molar refractivity (Wildman–Crippen MR) is 294 cm³/mol. The van der Waals surface area contributed by atoms with Gasteiger partial charge in [0, 0.05) is 13.1 Å². The van der Waals surface area contributed by atoms with E-state index in [2.05, 4.69) is 77.6 Å². The quantitative estimate of drug-likeness (QED) is 0.0225. The van der Waals surface area contributed by atoms with Gasteiger partial charge in [0.15, 0.2) is 5.96 Å². The molecule has 0 bridgehead atoms. The number of nitrogens with zero attached hydrogens (tertiary/aromatic N) is 1. The Kier molecular flexibility index (Phi) is 26.4. The standard InChI is InChI=1S/C56H96N10O12/c1-36(2)10-8-11-37(3)41-16-17-42-40-15-14-38-32-39(18-20-55(38,4)43(40)19-21-56(41,42)5)77-30-28-75-26-24-74-25-27-76-29-31-78-54(73)61-22-7-6-12-45-52(72)66-44(13-9-23-60-53(58)59)50(70)62-35-49(69)65-46(33-47(57)67)51(71)63-34-48(68)64-45/h14,36-37,39-46H,6-13,15-35H2,1-5H3,(H2,57,67)(H,61,73)(H,62,70)(H,63,71)(H,64,68)(H,65,69)(H,66,72)(H4,58,59,60)/t37?,39?,40?,41?,42?,43?,44-,45-,46-,55?,56?/m0/s1. The van der Waals surface area contributed by atoms with Gasteiger partial charge in [-0.2, -0.15) is 0 Å². The third-order valence-corrected chi connectivity index (χ3v) is 17.4. The average Bonchev–Trinajstić information content (AvgIpc) is 3.91. The molecule has 78 heavy (non-hydrogen) atoms. The van der Waals surface area contributed by atoms with Gasteiger partial charge in [-0.3, -0.25) is 33.8 Å². The number of aliphatic imine (C=N–C) groups is 1. The number of rotatable bonds is 29. The topological polar surface area (TPSA) is 328 Å². The van der Waals surface area contributed by atoms with Gasteiger partial charge in [0.1, 0.15) is 24.7 Å². The molecule has 1 saturated heterocycles. The van der Waals surface area contributed by atoms with Crippen LogP contribution in [0.2, 0.25) is 0 Å². The molecular formula is C56H96N10O12. The van der Waals surface area contributed by atoms with Gasteiger partial charge in [0.25, 0.3) is 0 Å². The zero-order valence-electron chi connectivity index (χ0n) is 47.4. The van der Waals surface area contributed by atoms with Crippen LogP contribution in [0.5, 0.6) is 0 Å². The number of unbranched alkanes of at least 4 members (excludes halogenated alkanes) is 1. The minimum Gasteiger partial charge on any atom is -0.447 e. The van der Waals surface area contributed by atoms with Crippen LogP contribution in [0.25, 0.3) is 0 Å². The third kappa shape index (κ3) is 19.9. The highest BCUT2D eigenvalue weighted by Gasteiger charge is 2.59. The summed E-state index contributed by atoms with van der Waals surface area (Å²) in [6.07, 6.45) is 17.2. The number of allylic oxidation sites excluding steroid dienone is 1. The second-order valence-electron chi connectivity index (χ2n) is 23.3. The fraction of sp³-hybridized carbons (Fsp3) is 0.821. The Hall–Kier alpha value is -5.06. The van der Waals surface area contributed by atoms with Gasteiger partial charge >= 0.3 is 6.09 Å². The van der Waals surface area contributed by atoms with E-state index in [9.17, 15) is 33.6 Å². The van der Waals surface area contributed by atoms with Crippen molar-refractivity contribution in [3.8, 4) is 0 Å². The van der Waals surface area contributed by atoms with Crippen LogP contribution >= 0.6 is 0 Å². The first kappa shape index (κ1) is 63.8. The van der Waals surface area contributed by atoms with Crippen molar-refractivity contribution < 1.29 is 57.2 Å². The number of hydrogen-bond donors (Lipinski definition) is 9. The molecule has 5 rings (SSSR count). The molecule has 22 nitrogen and oxygen atoms in total. The van der Waals surface area contributed by atoms with Crippen LogP contribution in [0.1, 0.15) is 144 Å². The van der Waals surface area contributed by atoms with E-state index in [4.69, 9.17) is 40.9 Å². The maximum atomic E-state index is 13.5. The number of carbonyl (C=O) groups excluding carboxylic acids is 7. The first-order chi connectivity index (χ1) is 37.3. The lowest BCUT2D eigenvalue weighted by molar-refractivity contribution is -0.132. The van der Waals surface area contributed by atoms with Gasteiger partial charge in [-0.05, 0) is 130 Å². The first-order valence-electron chi connectivity index (χ1n) is 29.0. The van der Waals surface area contributed by atoms with E-state index in [-0.39, 0.29) is 57.6 Å². The molecule has 4 fully saturated rings. The van der Waals surface area contributed by atoms with Crippen LogP contribution in [0.4, 0.5) is 4.79 Å². The van der Waals surface area contributed by atoms with Crippen molar-refractivity contribution in [2.24, 2.45) is 68.5 Å². The maximum absolute atomic E-state index is 13.5. The second-order valence-corrected chi connectivity index (χ2v) is 23.3. The molecule has 8 unspecified atom stereocenters. The molecule has 5 aliphatic rings. The Labute approximate surface area is 462 Å². The molecule has 0 aromatic rings. The smallest absolute Gasteiger partial charge is 0.407 e. The molecule has 11 atom stereocenters. The van der Waals surface area contributed by atoms with Crippen molar-refractivity contribution in [1.82, 2.24) is 31.9 Å². The summed E-state index contributed by atoms with van der Waals surface area (Å²) in [7, 11) is 0. The van der Waals surface area contributed by atoms with Gasteiger partial charge < -0.3 is 72.8 Å². The summed E-state index contributed by atoms with van der Waals surface area (Å²) < 4.78 is 28.6. The second kappa shape index (κ2) is 32.3. The first-order valence-corrected chi connectivity index (χ1v) is 29.0. The van der Waals surface area contributed by atoms with E-state index < -0.39 is 79.2 Å². The Balaban J connectivity index is 0.903. The van der Waals surface area contributed by atoms with Gasteiger partial charge in [-0.15, -0.1) is 0 Å². The van der Waals surface area contributed by atoms with Crippen molar-refractivity contribution in [1.29, 1.82) is 0 Å². The molecule has 0 radical (unpaired) electrons. The number of guanidine groups is 1. The number of primary amides is 1. The van der Waals surface area contributed by atoms with Gasteiger partial charge in [-0.25, -0.2) is 4.79 Å². The number of fused-ring (bicyclic) bond motifs is 5. The molecule has 442 valence electrons. The largest absolute Gasteiger partial charge is 0.447 e. The highest BCUT2D eigenvalue weighted by atomic mass is 16.6. The minimum atomic E-state index is -1.42. The van der Waals surface area contributed by atoms with E-state index in [1.54, 1.807) is 5.57 Å². The van der Waals surface area contributed by atoms with Crippen LogP contribution in [0.15, 0.2) is 16.6 Å². The number of ether oxygens (including phenoxy) is 5. The van der Waals surface area contributed by atoms with Crippen molar-refractivity contribution in [2.45, 2.75) is 168 Å². The Morgan fingerprint density at radius 1 is 0.705 bits per heavy atom. The molecule has 0 aromatic carbocycles. The number of nitrogens with one attached hydrogen (secondary N) is 6. The monoisotopic (exact) mass is 1100 g/mol. The molecule has 4 aliphatic carbocycles. The van der Waals surface area contributed by atoms with Crippen LogP contribution < -0.4 is 49.1 Å². The van der Waals surface area contributed by atoms with Crippen molar-refractivity contribution in [3.05, 3.63) is 11.6 Å². The van der Waals surface area contributed by atoms with Gasteiger partial charge in [-0.1, -0.05) is 65.5 Å². The third-order valence-electron chi connectivity index (χ3n) is 17.4. The van der Waals surface area contributed by atoms with Gasteiger partial charge in [0.2, 0.25) is 35.4 Å². The minimum absolute atomic E-state index is 0.0190. The van der Waals surface area contributed by atoms with Crippen molar-refractivity contribution >= 4 is 47.5 Å². The molecule has 0 spiro atoms. The summed E-state index contributed by atoms with van der Waals surface area (Å²) in [5, 5.41) is 14.9. The van der Waals surface area contributed by atoms with E-state index in [1.165, 1.54) is 57.8 Å². The molecule has 0 aromatic heterocycles. The fourth-order valence-electron chi connectivity index (χ4n) is 13.3. The maximum Gasteiger partial charge on any atom is 0.407 e. The number of nitrogens with two attached hydrogens (primary N) is 3. The molecule has 1 aliphatic heterocycles. The Bertz CT molecular complexity index is 2040. The Morgan fingerprint density at radius 3 is 2.00 bits per heavy atom. The highest BCUT2D eigenvalue weighted by Crippen LogP contribution is 2.67. The SMILES string of the molecule is CC(C)CCCC(C)C1CCC2C3CC=C4CC(OCCOCCOCCOCCOC(=O)NCCCC[C@@H]5NC(=O)CNC(=O)[C@H](CC(N)=O)NC(=O)CNC(=O)[C@H](CCCN=C(N)N)NC5=O)CCC4(C)C3CCC12C. The average molecular weight is 1100 g/mol. The van der Waals surface area contributed by atoms with Crippen LogP contribution in [-0.4, -0.2) is 151 Å². The number of alkyl carbamates (subject to hydrolysis) is 1. The van der Waals surface area contributed by atoms with E-state index >= 15 is 0 Å². The summed E-state index contributed by atoms with van der Waals surface area (Å²) in [6.45, 7) is 14.5. The fourth-order valence-corrected chi connectivity index (χ4v) is 13.3. The van der Waals surface area contributed by atoms with Crippen LogP contribution in [-0.2, 0) is 52.5 Å². The predicted octanol–water partition coefficient (Wildman–Crippen LogP) is 2.99. The molecule has 3 saturated carbocycles. The Morgan fingerprint density at radius 2 is 1.33 bits per heavy atom. The van der Waals surface area contributed by atoms with E-state index in [0.717, 1.165) is 48.3 Å². The number of hydrogen-bond acceptors (Lipinski definition) is 13. The zero-order chi connectivity index (χ0) is 56.7. The summed E-state index contributed by atoms with van der Waals surface area (Å²) in [5.74, 6) is 0.111. The molecule has 22 heteroatoms. The van der Waals surface area contributed by atoms with Crippen molar-refractivity contribution in [3.63, 3.8) is 0 Å².